The Morgan fingerprint density at radius 3 is 2.33 bits per heavy atom. The van der Waals surface area contributed by atoms with Crippen molar-refractivity contribution < 1.29 is 13.2 Å². The van der Waals surface area contributed by atoms with Gasteiger partial charge in [0.05, 0.1) is 16.5 Å². The second-order valence-electron chi connectivity index (χ2n) is 6.01. The fourth-order valence-electron chi connectivity index (χ4n) is 2.48. The van der Waals surface area contributed by atoms with Gasteiger partial charge in [-0.15, -0.1) is 0 Å². The van der Waals surface area contributed by atoms with Gasteiger partial charge in [0, 0.05) is 6.04 Å². The number of nitrogens with one attached hydrogen (secondary N) is 1. The topological polar surface area (TPSA) is 55.4 Å². The second-order valence-corrected chi connectivity index (χ2v) is 8.58. The average Bonchev–Trinajstić information content (AvgIpc) is 2.54. The first-order valence-corrected chi connectivity index (χ1v) is 10.0. The van der Waals surface area contributed by atoms with E-state index in [-0.39, 0.29) is 10.9 Å². The third-order valence-corrected chi connectivity index (χ3v) is 5.73. The van der Waals surface area contributed by atoms with E-state index in [0.29, 0.717) is 16.1 Å². The SMILES string of the molecule is COc1ccc(S(=O)(=O)NC(CC(C)C)c2ccccc2)cc1Br. The molecule has 0 heterocycles. The number of hydrogen-bond donors (Lipinski definition) is 1. The van der Waals surface area contributed by atoms with E-state index in [4.69, 9.17) is 4.74 Å². The Morgan fingerprint density at radius 2 is 1.79 bits per heavy atom. The van der Waals surface area contributed by atoms with Crippen LogP contribution in [0.3, 0.4) is 0 Å². The molecule has 2 aromatic carbocycles. The van der Waals surface area contributed by atoms with Crippen LogP contribution in [0.1, 0.15) is 31.9 Å². The molecule has 1 unspecified atom stereocenters. The van der Waals surface area contributed by atoms with Crippen molar-refractivity contribution in [2.45, 2.75) is 31.2 Å². The highest BCUT2D eigenvalue weighted by Gasteiger charge is 2.23. The molecule has 24 heavy (non-hydrogen) atoms. The van der Waals surface area contributed by atoms with E-state index < -0.39 is 10.0 Å². The van der Waals surface area contributed by atoms with Gasteiger partial charge < -0.3 is 4.74 Å². The molecule has 0 saturated heterocycles. The normalized spacial score (nSPS) is 13.0. The van der Waals surface area contributed by atoms with Crippen LogP contribution in [0.5, 0.6) is 5.75 Å². The van der Waals surface area contributed by atoms with Crippen LogP contribution in [0.4, 0.5) is 0 Å². The summed E-state index contributed by atoms with van der Waals surface area (Å²) in [6, 6.07) is 14.1. The maximum atomic E-state index is 12.8. The summed E-state index contributed by atoms with van der Waals surface area (Å²) in [7, 11) is -2.09. The molecule has 1 atom stereocenters. The molecule has 0 aliphatic heterocycles. The first-order chi connectivity index (χ1) is 11.3. The van der Waals surface area contributed by atoms with E-state index in [1.807, 2.05) is 30.3 Å². The van der Waals surface area contributed by atoms with Crippen LogP contribution in [0.2, 0.25) is 0 Å². The maximum Gasteiger partial charge on any atom is 0.241 e. The molecule has 2 aromatic rings. The van der Waals surface area contributed by atoms with Crippen molar-refractivity contribution in [3.63, 3.8) is 0 Å². The third kappa shape index (κ3) is 4.82. The fourth-order valence-corrected chi connectivity index (χ4v) is 4.43. The minimum absolute atomic E-state index is 0.208. The summed E-state index contributed by atoms with van der Waals surface area (Å²) in [5, 5.41) is 0. The van der Waals surface area contributed by atoms with Gasteiger partial charge in [0.2, 0.25) is 10.0 Å². The fraction of sp³-hybridized carbons (Fsp3) is 0.333. The van der Waals surface area contributed by atoms with E-state index in [0.717, 1.165) is 12.0 Å². The number of halogens is 1. The van der Waals surface area contributed by atoms with Crippen LogP contribution in [0.25, 0.3) is 0 Å². The Morgan fingerprint density at radius 1 is 1.12 bits per heavy atom. The molecular weight excluding hydrogens is 390 g/mol. The zero-order chi connectivity index (χ0) is 17.7. The highest BCUT2D eigenvalue weighted by atomic mass is 79.9. The predicted octanol–water partition coefficient (Wildman–Crippen LogP) is 4.52. The standard InChI is InChI=1S/C18H22BrNO3S/c1-13(2)11-17(14-7-5-4-6-8-14)20-24(21,22)15-9-10-18(23-3)16(19)12-15/h4-10,12-13,17,20H,11H2,1-3H3. The second kappa shape index (κ2) is 8.14. The van der Waals surface area contributed by atoms with Crippen molar-refractivity contribution in [3.8, 4) is 5.75 Å². The van der Waals surface area contributed by atoms with Crippen molar-refractivity contribution in [2.24, 2.45) is 5.92 Å². The molecule has 0 radical (unpaired) electrons. The summed E-state index contributed by atoms with van der Waals surface area (Å²) in [6.07, 6.45) is 0.723. The molecule has 0 spiro atoms. The van der Waals surface area contributed by atoms with Gasteiger partial charge in [-0.3, -0.25) is 0 Å². The molecule has 130 valence electrons. The summed E-state index contributed by atoms with van der Waals surface area (Å²) in [5.74, 6) is 0.955. The molecule has 4 nitrogen and oxygen atoms in total. The third-order valence-electron chi connectivity index (χ3n) is 3.64. The monoisotopic (exact) mass is 411 g/mol. The predicted molar refractivity (Wildman–Crippen MR) is 99.7 cm³/mol. The lowest BCUT2D eigenvalue weighted by atomic mass is 9.98. The zero-order valence-electron chi connectivity index (χ0n) is 14.0. The number of sulfonamides is 1. The first-order valence-electron chi connectivity index (χ1n) is 7.74. The number of ether oxygens (including phenoxy) is 1. The molecule has 1 N–H and O–H groups in total. The number of methoxy groups -OCH3 is 1. The molecular formula is C18H22BrNO3S. The van der Waals surface area contributed by atoms with Crippen LogP contribution in [0.15, 0.2) is 57.9 Å². The average molecular weight is 412 g/mol. The van der Waals surface area contributed by atoms with Crippen molar-refractivity contribution in [3.05, 3.63) is 58.6 Å². The summed E-state index contributed by atoms with van der Waals surface area (Å²) in [4.78, 5) is 0.208. The van der Waals surface area contributed by atoms with Gasteiger partial charge in [0.25, 0.3) is 0 Å². The van der Waals surface area contributed by atoms with Crippen molar-refractivity contribution in [1.29, 1.82) is 0 Å². The summed E-state index contributed by atoms with van der Waals surface area (Å²) in [6.45, 7) is 4.16. The van der Waals surface area contributed by atoms with E-state index in [1.54, 1.807) is 25.3 Å². The van der Waals surface area contributed by atoms with Crippen molar-refractivity contribution >= 4 is 26.0 Å². The van der Waals surface area contributed by atoms with Crippen LogP contribution < -0.4 is 9.46 Å². The molecule has 0 saturated carbocycles. The number of hydrogen-bond acceptors (Lipinski definition) is 3. The van der Waals surface area contributed by atoms with E-state index in [1.165, 1.54) is 0 Å². The van der Waals surface area contributed by atoms with E-state index in [2.05, 4.69) is 34.5 Å². The van der Waals surface area contributed by atoms with E-state index >= 15 is 0 Å². The largest absolute Gasteiger partial charge is 0.496 e. The Kier molecular flexibility index (Phi) is 6.43. The molecule has 0 aliphatic rings. The lowest BCUT2D eigenvalue weighted by molar-refractivity contribution is 0.411. The molecule has 0 fully saturated rings. The minimum Gasteiger partial charge on any atom is -0.496 e. The smallest absolute Gasteiger partial charge is 0.241 e. The highest BCUT2D eigenvalue weighted by Crippen LogP contribution is 2.29. The van der Waals surface area contributed by atoms with Crippen molar-refractivity contribution in [1.82, 2.24) is 4.72 Å². The Hall–Kier alpha value is -1.37. The van der Waals surface area contributed by atoms with Gasteiger partial charge in [-0.1, -0.05) is 44.2 Å². The summed E-state index contributed by atoms with van der Waals surface area (Å²) < 4.78 is 34.1. The van der Waals surface area contributed by atoms with E-state index in [9.17, 15) is 8.42 Å². The first kappa shape index (κ1) is 19.0. The Bertz CT molecular complexity index is 776. The number of benzene rings is 2. The molecule has 0 aliphatic carbocycles. The Balaban J connectivity index is 2.31. The van der Waals surface area contributed by atoms with Gasteiger partial charge in [0.1, 0.15) is 5.75 Å². The summed E-state index contributed by atoms with van der Waals surface area (Å²) >= 11 is 3.33. The quantitative estimate of drug-likeness (QED) is 0.728. The molecule has 0 amide bonds. The van der Waals surface area contributed by atoms with Crippen LogP contribution >= 0.6 is 15.9 Å². The maximum absolute atomic E-state index is 12.8. The minimum atomic E-state index is -3.64. The van der Waals surface area contributed by atoms with Gasteiger partial charge >= 0.3 is 0 Å². The van der Waals surface area contributed by atoms with Gasteiger partial charge in [-0.2, -0.15) is 0 Å². The molecule has 0 bridgehead atoms. The molecule has 6 heteroatoms. The lowest BCUT2D eigenvalue weighted by Crippen LogP contribution is -2.29. The Labute approximate surface area is 152 Å². The zero-order valence-corrected chi connectivity index (χ0v) is 16.4. The summed E-state index contributed by atoms with van der Waals surface area (Å²) in [5.41, 5.74) is 0.961. The van der Waals surface area contributed by atoms with Crippen molar-refractivity contribution in [2.75, 3.05) is 7.11 Å². The van der Waals surface area contributed by atoms with Crippen LogP contribution in [0, 0.1) is 5.92 Å². The molecule has 0 aromatic heterocycles. The van der Waals surface area contributed by atoms with Gasteiger partial charge in [0.15, 0.2) is 0 Å². The van der Waals surface area contributed by atoms with Gasteiger partial charge in [-0.05, 0) is 52.0 Å². The van der Waals surface area contributed by atoms with Crippen LogP contribution in [-0.2, 0) is 10.0 Å². The lowest BCUT2D eigenvalue weighted by Gasteiger charge is -2.21. The highest BCUT2D eigenvalue weighted by molar-refractivity contribution is 9.10. The number of rotatable bonds is 7. The van der Waals surface area contributed by atoms with Gasteiger partial charge in [-0.25, -0.2) is 13.1 Å². The molecule has 2 rings (SSSR count). The van der Waals surface area contributed by atoms with Crippen LogP contribution in [-0.4, -0.2) is 15.5 Å².